The molecule has 3 rings (SSSR count). The first kappa shape index (κ1) is 17.4. The molecule has 1 N–H and O–H groups in total. The summed E-state index contributed by atoms with van der Waals surface area (Å²) in [5.74, 6) is 0.889. The Bertz CT molecular complexity index is 868. The lowest BCUT2D eigenvalue weighted by molar-refractivity contribution is -0.113. The van der Waals surface area contributed by atoms with Crippen molar-refractivity contribution < 1.29 is 4.79 Å². The second-order valence-electron chi connectivity index (χ2n) is 5.30. The van der Waals surface area contributed by atoms with Crippen LogP contribution in [0.3, 0.4) is 0 Å². The van der Waals surface area contributed by atoms with Gasteiger partial charge in [-0.05, 0) is 17.7 Å². The van der Waals surface area contributed by atoms with E-state index in [0.29, 0.717) is 17.3 Å². The van der Waals surface area contributed by atoms with Gasteiger partial charge in [0.2, 0.25) is 5.91 Å². The van der Waals surface area contributed by atoms with Crippen LogP contribution in [0.4, 0.5) is 5.69 Å². The number of nitrogens with zero attached hydrogens (tertiary/aromatic N) is 4. The SMILES string of the molecule is Cn1c(Cc2ccccc2)nnc1SCC(=O)Nc1cccnc1Cl. The van der Waals surface area contributed by atoms with Gasteiger partial charge in [0.05, 0.1) is 11.4 Å². The van der Waals surface area contributed by atoms with Crippen LogP contribution < -0.4 is 5.32 Å². The Morgan fingerprint density at radius 2 is 2.00 bits per heavy atom. The molecular weight excluding hydrogens is 358 g/mol. The molecule has 0 saturated carbocycles. The number of aromatic nitrogens is 4. The Hall–Kier alpha value is -2.38. The minimum Gasteiger partial charge on any atom is -0.323 e. The summed E-state index contributed by atoms with van der Waals surface area (Å²) in [7, 11) is 1.90. The lowest BCUT2D eigenvalue weighted by Crippen LogP contribution is -2.15. The van der Waals surface area contributed by atoms with Gasteiger partial charge in [-0.3, -0.25) is 4.79 Å². The first-order valence-corrected chi connectivity index (χ1v) is 8.95. The van der Waals surface area contributed by atoms with Gasteiger partial charge in [0.15, 0.2) is 10.3 Å². The molecule has 2 aromatic heterocycles. The van der Waals surface area contributed by atoms with Crippen LogP contribution in [0.1, 0.15) is 11.4 Å². The Balaban J connectivity index is 1.58. The second kappa shape index (κ2) is 8.13. The van der Waals surface area contributed by atoms with Crippen LogP contribution >= 0.6 is 23.4 Å². The molecule has 1 amide bonds. The number of nitrogens with one attached hydrogen (secondary N) is 1. The van der Waals surface area contributed by atoms with E-state index < -0.39 is 0 Å². The molecule has 25 heavy (non-hydrogen) atoms. The van der Waals surface area contributed by atoms with Gasteiger partial charge in [-0.2, -0.15) is 0 Å². The number of hydrogen-bond donors (Lipinski definition) is 1. The lowest BCUT2D eigenvalue weighted by Gasteiger charge is -2.06. The van der Waals surface area contributed by atoms with Crippen molar-refractivity contribution in [3.63, 3.8) is 0 Å². The van der Waals surface area contributed by atoms with Crippen LogP contribution in [0, 0.1) is 0 Å². The van der Waals surface area contributed by atoms with Crippen molar-refractivity contribution in [2.24, 2.45) is 7.05 Å². The predicted octanol–water partition coefficient (Wildman–Crippen LogP) is 3.19. The Morgan fingerprint density at radius 1 is 1.20 bits per heavy atom. The van der Waals surface area contributed by atoms with E-state index in [2.05, 4.69) is 20.5 Å². The molecule has 0 atom stereocenters. The number of amides is 1. The van der Waals surface area contributed by atoms with Gasteiger partial charge in [0, 0.05) is 19.7 Å². The van der Waals surface area contributed by atoms with Crippen molar-refractivity contribution in [2.75, 3.05) is 11.1 Å². The molecule has 0 bridgehead atoms. The van der Waals surface area contributed by atoms with E-state index in [9.17, 15) is 4.79 Å². The van der Waals surface area contributed by atoms with E-state index in [0.717, 1.165) is 5.82 Å². The number of anilines is 1. The average Bonchev–Trinajstić information content (AvgIpc) is 2.96. The van der Waals surface area contributed by atoms with Crippen LogP contribution in [0.15, 0.2) is 53.8 Å². The highest BCUT2D eigenvalue weighted by Crippen LogP contribution is 2.20. The van der Waals surface area contributed by atoms with Crippen LogP contribution in [0.5, 0.6) is 0 Å². The Kier molecular flexibility index (Phi) is 5.67. The number of pyridine rings is 1. The predicted molar refractivity (Wildman–Crippen MR) is 98.9 cm³/mol. The van der Waals surface area contributed by atoms with Gasteiger partial charge in [-0.15, -0.1) is 10.2 Å². The van der Waals surface area contributed by atoms with E-state index in [1.807, 2.05) is 41.9 Å². The van der Waals surface area contributed by atoms with E-state index >= 15 is 0 Å². The molecule has 0 fully saturated rings. The number of carbonyl (C=O) groups is 1. The quantitative estimate of drug-likeness (QED) is 0.530. The highest BCUT2D eigenvalue weighted by atomic mass is 35.5. The molecule has 128 valence electrons. The fourth-order valence-electron chi connectivity index (χ4n) is 2.20. The summed E-state index contributed by atoms with van der Waals surface area (Å²) in [4.78, 5) is 16.0. The van der Waals surface area contributed by atoms with Crippen molar-refractivity contribution in [1.29, 1.82) is 0 Å². The zero-order valence-corrected chi connectivity index (χ0v) is 15.1. The summed E-state index contributed by atoms with van der Waals surface area (Å²) < 4.78 is 1.90. The normalized spacial score (nSPS) is 10.6. The molecule has 1 aromatic carbocycles. The van der Waals surface area contributed by atoms with Crippen molar-refractivity contribution >= 4 is 35.0 Å². The molecule has 6 nitrogen and oxygen atoms in total. The molecule has 3 aromatic rings. The van der Waals surface area contributed by atoms with Gasteiger partial charge in [0.25, 0.3) is 0 Å². The zero-order valence-electron chi connectivity index (χ0n) is 13.5. The number of hydrogen-bond acceptors (Lipinski definition) is 5. The maximum absolute atomic E-state index is 12.1. The molecule has 0 aliphatic rings. The number of rotatable bonds is 6. The van der Waals surface area contributed by atoms with Crippen molar-refractivity contribution in [2.45, 2.75) is 11.6 Å². The third-order valence-corrected chi connectivity index (χ3v) is 4.82. The standard InChI is InChI=1S/C17H16ClN5OS/c1-23-14(10-12-6-3-2-4-7-12)21-22-17(23)25-11-15(24)20-13-8-5-9-19-16(13)18/h2-9H,10-11H2,1H3,(H,20,24). The molecule has 2 heterocycles. The van der Waals surface area contributed by atoms with Crippen LogP contribution in [-0.4, -0.2) is 31.4 Å². The summed E-state index contributed by atoms with van der Waals surface area (Å²) in [6.45, 7) is 0. The average molecular weight is 374 g/mol. The maximum atomic E-state index is 12.1. The van der Waals surface area contributed by atoms with Gasteiger partial charge in [-0.25, -0.2) is 4.98 Å². The van der Waals surface area contributed by atoms with Gasteiger partial charge in [0.1, 0.15) is 5.82 Å². The summed E-state index contributed by atoms with van der Waals surface area (Å²) in [6, 6.07) is 13.5. The van der Waals surface area contributed by atoms with Crippen LogP contribution in [0.2, 0.25) is 5.15 Å². The number of benzene rings is 1. The van der Waals surface area contributed by atoms with E-state index in [4.69, 9.17) is 11.6 Å². The molecule has 0 aliphatic heterocycles. The number of carbonyl (C=O) groups excluding carboxylic acids is 1. The molecule has 0 unspecified atom stereocenters. The molecular formula is C17H16ClN5OS. The Morgan fingerprint density at radius 3 is 2.76 bits per heavy atom. The smallest absolute Gasteiger partial charge is 0.234 e. The maximum Gasteiger partial charge on any atom is 0.234 e. The number of thioether (sulfide) groups is 1. The highest BCUT2D eigenvalue weighted by Gasteiger charge is 2.13. The van der Waals surface area contributed by atoms with Crippen molar-refractivity contribution in [3.8, 4) is 0 Å². The monoisotopic (exact) mass is 373 g/mol. The first-order chi connectivity index (χ1) is 12.1. The van der Waals surface area contributed by atoms with E-state index in [1.165, 1.54) is 17.3 Å². The molecule has 0 radical (unpaired) electrons. The van der Waals surface area contributed by atoms with Gasteiger partial charge >= 0.3 is 0 Å². The largest absolute Gasteiger partial charge is 0.323 e. The minimum absolute atomic E-state index is 0.174. The van der Waals surface area contributed by atoms with Crippen LogP contribution in [0.25, 0.3) is 0 Å². The summed E-state index contributed by atoms with van der Waals surface area (Å²) in [5.41, 5.74) is 1.66. The van der Waals surface area contributed by atoms with Gasteiger partial charge in [-0.1, -0.05) is 53.7 Å². The molecule has 8 heteroatoms. The van der Waals surface area contributed by atoms with E-state index in [-0.39, 0.29) is 16.8 Å². The number of halogens is 1. The van der Waals surface area contributed by atoms with E-state index in [1.54, 1.807) is 18.3 Å². The van der Waals surface area contributed by atoms with Crippen LogP contribution in [-0.2, 0) is 18.3 Å². The van der Waals surface area contributed by atoms with Crippen molar-refractivity contribution in [3.05, 3.63) is 65.2 Å². The molecule has 0 saturated heterocycles. The lowest BCUT2D eigenvalue weighted by atomic mass is 10.1. The highest BCUT2D eigenvalue weighted by molar-refractivity contribution is 7.99. The Labute approximate surface area is 154 Å². The fourth-order valence-corrected chi connectivity index (χ4v) is 3.10. The molecule has 0 spiro atoms. The fraction of sp³-hybridized carbons (Fsp3) is 0.176. The molecule has 0 aliphatic carbocycles. The van der Waals surface area contributed by atoms with Gasteiger partial charge < -0.3 is 9.88 Å². The third-order valence-electron chi connectivity index (χ3n) is 3.50. The topological polar surface area (TPSA) is 72.7 Å². The zero-order chi connectivity index (χ0) is 17.6. The van der Waals surface area contributed by atoms with Crippen molar-refractivity contribution in [1.82, 2.24) is 19.7 Å². The first-order valence-electron chi connectivity index (χ1n) is 7.59. The minimum atomic E-state index is -0.174. The summed E-state index contributed by atoms with van der Waals surface area (Å²) in [6.07, 6.45) is 2.27. The third kappa shape index (κ3) is 4.58. The second-order valence-corrected chi connectivity index (χ2v) is 6.60. The summed E-state index contributed by atoms with van der Waals surface area (Å²) in [5, 5.41) is 12.1. The summed E-state index contributed by atoms with van der Waals surface area (Å²) >= 11 is 7.26.